The number of alkyl halides is 3. The number of halogens is 3. The Kier molecular flexibility index (Phi) is 3.26. The second kappa shape index (κ2) is 4.60. The van der Waals surface area contributed by atoms with Crippen LogP contribution in [0.5, 0.6) is 0 Å². The molecule has 1 aromatic heterocycles. The van der Waals surface area contributed by atoms with E-state index in [0.717, 1.165) is 22.5 Å². The molecule has 0 amide bonds. The van der Waals surface area contributed by atoms with Gasteiger partial charge in [0, 0.05) is 12.3 Å². The maximum atomic E-state index is 12.8. The highest BCUT2D eigenvalue weighted by Gasteiger charge is 2.35. The molecule has 0 fully saturated rings. The fourth-order valence-corrected chi connectivity index (χ4v) is 1.84. The van der Waals surface area contributed by atoms with Crippen LogP contribution in [0, 0.1) is 0 Å². The first-order chi connectivity index (χ1) is 8.80. The van der Waals surface area contributed by atoms with E-state index in [2.05, 4.69) is 0 Å². The van der Waals surface area contributed by atoms with Crippen LogP contribution in [0.4, 0.5) is 13.2 Å². The molecular weight excluding hydrogens is 257 g/mol. The second-order valence-electron chi connectivity index (χ2n) is 4.52. The molecule has 6 heteroatoms. The first-order valence-corrected chi connectivity index (χ1v) is 5.79. The molecule has 0 aliphatic rings. The number of hydrogen-bond acceptors (Lipinski definition) is 1. The summed E-state index contributed by atoms with van der Waals surface area (Å²) in [4.78, 5) is 11.3. The van der Waals surface area contributed by atoms with Crippen LogP contribution < -0.4 is 5.56 Å². The predicted molar refractivity (Wildman–Crippen MR) is 65.4 cm³/mol. The van der Waals surface area contributed by atoms with Gasteiger partial charge in [0.2, 0.25) is 0 Å². The summed E-state index contributed by atoms with van der Waals surface area (Å²) in [6, 6.07) is 7.54. The minimum Gasteiger partial charge on any atom is -0.268 e. The third-order valence-electron chi connectivity index (χ3n) is 2.85. The van der Waals surface area contributed by atoms with Crippen molar-refractivity contribution in [3.63, 3.8) is 0 Å². The van der Waals surface area contributed by atoms with E-state index in [9.17, 15) is 18.0 Å². The van der Waals surface area contributed by atoms with Crippen molar-refractivity contribution in [2.45, 2.75) is 26.1 Å². The molecule has 102 valence electrons. The van der Waals surface area contributed by atoms with Gasteiger partial charge < -0.3 is 0 Å². The number of benzene rings is 1. The van der Waals surface area contributed by atoms with Crippen molar-refractivity contribution in [3.05, 3.63) is 52.4 Å². The maximum absolute atomic E-state index is 12.8. The largest absolute Gasteiger partial charge is 0.506 e. The van der Waals surface area contributed by atoms with Crippen molar-refractivity contribution >= 4 is 0 Å². The molecule has 0 bridgehead atoms. The summed E-state index contributed by atoms with van der Waals surface area (Å²) in [5, 5.41) is 0. The number of nitrogens with zero attached hydrogens (tertiary/aromatic N) is 2. The Morgan fingerprint density at radius 1 is 1.05 bits per heavy atom. The van der Waals surface area contributed by atoms with Crippen LogP contribution in [0.1, 0.15) is 25.3 Å². The first kappa shape index (κ1) is 13.5. The molecule has 2 rings (SSSR count). The Bertz CT molecular complexity index is 621. The van der Waals surface area contributed by atoms with Crippen LogP contribution in [0.3, 0.4) is 0 Å². The first-order valence-electron chi connectivity index (χ1n) is 5.79. The fraction of sp³-hybridized carbons (Fsp3) is 0.308. The average Bonchev–Trinajstić information content (AvgIpc) is 2.71. The van der Waals surface area contributed by atoms with Crippen LogP contribution in [0.25, 0.3) is 5.69 Å². The molecule has 0 spiro atoms. The van der Waals surface area contributed by atoms with Gasteiger partial charge in [-0.25, -0.2) is 0 Å². The molecule has 1 heterocycles. The van der Waals surface area contributed by atoms with Crippen molar-refractivity contribution in [1.29, 1.82) is 0 Å². The highest BCUT2D eigenvalue weighted by molar-refractivity contribution is 5.35. The van der Waals surface area contributed by atoms with Crippen LogP contribution in [-0.2, 0) is 6.30 Å². The van der Waals surface area contributed by atoms with Gasteiger partial charge in [-0.15, -0.1) is 13.2 Å². The van der Waals surface area contributed by atoms with Crippen LogP contribution in [-0.4, -0.2) is 9.36 Å². The number of rotatable bonds is 2. The molecular formula is C13H13F3N2O. The Morgan fingerprint density at radius 2 is 1.63 bits per heavy atom. The van der Waals surface area contributed by atoms with Gasteiger partial charge in [-0.3, -0.25) is 9.48 Å². The zero-order valence-electron chi connectivity index (χ0n) is 10.5. The van der Waals surface area contributed by atoms with Gasteiger partial charge in [-0.2, -0.15) is 4.68 Å². The van der Waals surface area contributed by atoms with Gasteiger partial charge in [-0.05, 0) is 23.6 Å². The van der Waals surface area contributed by atoms with Crippen molar-refractivity contribution in [3.8, 4) is 5.69 Å². The number of aromatic nitrogens is 2. The van der Waals surface area contributed by atoms with Crippen molar-refractivity contribution in [2.75, 3.05) is 0 Å². The van der Waals surface area contributed by atoms with Gasteiger partial charge in [0.25, 0.3) is 5.56 Å². The predicted octanol–water partition coefficient (Wildman–Crippen LogP) is 3.24. The summed E-state index contributed by atoms with van der Waals surface area (Å²) >= 11 is 0. The van der Waals surface area contributed by atoms with Crippen LogP contribution >= 0.6 is 0 Å². The lowest BCUT2D eigenvalue weighted by Crippen LogP contribution is -2.32. The molecule has 0 saturated carbocycles. The van der Waals surface area contributed by atoms with E-state index < -0.39 is 11.9 Å². The van der Waals surface area contributed by atoms with Gasteiger partial charge in [0.1, 0.15) is 0 Å². The summed E-state index contributed by atoms with van der Waals surface area (Å²) in [7, 11) is 0. The maximum Gasteiger partial charge on any atom is 0.506 e. The lowest BCUT2D eigenvalue weighted by atomic mass is 10.0. The van der Waals surface area contributed by atoms with E-state index in [0.29, 0.717) is 11.6 Å². The third-order valence-corrected chi connectivity index (χ3v) is 2.85. The van der Waals surface area contributed by atoms with E-state index in [1.807, 2.05) is 13.8 Å². The normalized spacial score (nSPS) is 12.1. The molecule has 0 N–H and O–H groups in total. The second-order valence-corrected chi connectivity index (χ2v) is 4.52. The van der Waals surface area contributed by atoms with E-state index in [1.165, 1.54) is 0 Å². The Morgan fingerprint density at radius 3 is 2.11 bits per heavy atom. The molecule has 0 saturated heterocycles. The standard InChI is InChI=1S/C13H13F3N2O/c1-9(2)10-3-5-11(6-4-10)17-8-7-12(19)18(17)13(14,15)16/h3-9H,1-2H3. The van der Waals surface area contributed by atoms with E-state index in [4.69, 9.17) is 0 Å². The van der Waals surface area contributed by atoms with E-state index in [-0.39, 0.29) is 4.68 Å². The number of hydrogen-bond donors (Lipinski definition) is 0. The quantitative estimate of drug-likeness (QED) is 0.823. The Labute approximate surface area is 107 Å². The molecule has 1 aromatic carbocycles. The summed E-state index contributed by atoms with van der Waals surface area (Å²) in [6.07, 6.45) is -3.63. The zero-order chi connectivity index (χ0) is 14.2. The van der Waals surface area contributed by atoms with Crippen molar-refractivity contribution < 1.29 is 13.2 Å². The summed E-state index contributed by atoms with van der Waals surface area (Å²) < 4.78 is 38.9. The Balaban J connectivity index is 2.51. The molecule has 0 aliphatic heterocycles. The zero-order valence-corrected chi connectivity index (χ0v) is 10.5. The lowest BCUT2D eigenvalue weighted by molar-refractivity contribution is -0.218. The molecule has 0 unspecified atom stereocenters. The van der Waals surface area contributed by atoms with Gasteiger partial charge in [-0.1, -0.05) is 26.0 Å². The highest BCUT2D eigenvalue weighted by Crippen LogP contribution is 2.23. The summed E-state index contributed by atoms with van der Waals surface area (Å²) in [6.45, 7) is 3.99. The van der Waals surface area contributed by atoms with Gasteiger partial charge in [0.15, 0.2) is 0 Å². The summed E-state index contributed by atoms with van der Waals surface area (Å²) in [5.74, 6) is 0.295. The van der Waals surface area contributed by atoms with Crippen molar-refractivity contribution in [1.82, 2.24) is 9.36 Å². The van der Waals surface area contributed by atoms with Crippen LogP contribution in [0.15, 0.2) is 41.3 Å². The minimum atomic E-state index is -4.74. The van der Waals surface area contributed by atoms with Crippen molar-refractivity contribution in [2.24, 2.45) is 0 Å². The monoisotopic (exact) mass is 270 g/mol. The smallest absolute Gasteiger partial charge is 0.268 e. The minimum absolute atomic E-state index is 0.225. The van der Waals surface area contributed by atoms with E-state index >= 15 is 0 Å². The molecule has 2 aromatic rings. The Hall–Kier alpha value is -1.98. The molecule has 19 heavy (non-hydrogen) atoms. The third kappa shape index (κ3) is 2.57. The molecule has 0 radical (unpaired) electrons. The topological polar surface area (TPSA) is 26.9 Å². The fourth-order valence-electron chi connectivity index (χ4n) is 1.84. The average molecular weight is 270 g/mol. The lowest BCUT2D eigenvalue weighted by Gasteiger charge is -2.14. The molecule has 0 aliphatic carbocycles. The van der Waals surface area contributed by atoms with Gasteiger partial charge >= 0.3 is 6.30 Å². The highest BCUT2D eigenvalue weighted by atomic mass is 19.4. The summed E-state index contributed by atoms with van der Waals surface area (Å²) in [5.41, 5.74) is 0.223. The molecule has 0 atom stereocenters. The van der Waals surface area contributed by atoms with E-state index in [1.54, 1.807) is 24.3 Å². The SMILES string of the molecule is CC(C)c1ccc(-n2ccc(=O)n2C(F)(F)F)cc1. The van der Waals surface area contributed by atoms with Crippen LogP contribution in [0.2, 0.25) is 0 Å². The molecule has 3 nitrogen and oxygen atoms in total. The van der Waals surface area contributed by atoms with Gasteiger partial charge in [0.05, 0.1) is 5.69 Å².